The second-order valence-corrected chi connectivity index (χ2v) is 7.70. The molecule has 1 aliphatic rings. The number of anilines is 3. The zero-order valence-corrected chi connectivity index (χ0v) is 17.3. The van der Waals surface area contributed by atoms with Crippen molar-refractivity contribution in [1.82, 2.24) is 5.32 Å². The summed E-state index contributed by atoms with van der Waals surface area (Å²) in [5.74, 6) is -0.591. The van der Waals surface area contributed by atoms with E-state index in [0.29, 0.717) is 17.2 Å². The summed E-state index contributed by atoms with van der Waals surface area (Å²) in [7, 11) is 0. The predicted octanol–water partition coefficient (Wildman–Crippen LogP) is 3.95. The quantitative estimate of drug-likeness (QED) is 0.651. The first-order chi connectivity index (χ1) is 13.3. The highest BCUT2D eigenvalue weighted by atomic mass is 79.9. The molecule has 1 atom stereocenters. The van der Waals surface area contributed by atoms with Gasteiger partial charge in [-0.15, -0.1) is 0 Å². The molecule has 28 heavy (non-hydrogen) atoms. The summed E-state index contributed by atoms with van der Waals surface area (Å²) < 4.78 is 20.6. The van der Waals surface area contributed by atoms with Crippen LogP contribution in [0.3, 0.4) is 0 Å². The molecule has 2 aromatic carbocycles. The average Bonchev–Trinajstić information content (AvgIpc) is 2.95. The molecule has 1 heterocycles. The van der Waals surface area contributed by atoms with E-state index < -0.39 is 11.9 Å². The molecule has 0 spiro atoms. The third-order valence-corrected chi connectivity index (χ3v) is 4.73. The van der Waals surface area contributed by atoms with Crippen LogP contribution in [0.4, 0.5) is 26.2 Å². The van der Waals surface area contributed by atoms with Crippen LogP contribution in [0.5, 0.6) is 0 Å². The summed E-state index contributed by atoms with van der Waals surface area (Å²) in [6.07, 6.45) is -0.923. The Balaban J connectivity index is 1.76. The topological polar surface area (TPSA) is 70.7 Å². The zero-order valence-electron chi connectivity index (χ0n) is 14.9. The number of amides is 1. The van der Waals surface area contributed by atoms with E-state index >= 15 is 0 Å². The van der Waals surface area contributed by atoms with Crippen LogP contribution in [0.15, 0.2) is 51.7 Å². The van der Waals surface area contributed by atoms with Gasteiger partial charge in [-0.05, 0) is 49.4 Å². The van der Waals surface area contributed by atoms with Gasteiger partial charge >= 0.3 is 6.09 Å². The van der Waals surface area contributed by atoms with Gasteiger partial charge in [0.05, 0.1) is 35.1 Å². The molecule has 0 saturated carbocycles. The zero-order chi connectivity index (χ0) is 20.3. The number of benzene rings is 1. The molecule has 3 rings (SSSR count). The molecule has 1 amide bonds. The first-order valence-corrected chi connectivity index (χ1v) is 9.62. The summed E-state index contributed by atoms with van der Waals surface area (Å²) in [5, 5.41) is 5.74. The van der Waals surface area contributed by atoms with Gasteiger partial charge in [0.25, 0.3) is 0 Å². The average molecular weight is 466 g/mol. The van der Waals surface area contributed by atoms with Gasteiger partial charge in [0, 0.05) is 4.47 Å². The Labute approximate surface area is 174 Å². The summed E-state index contributed by atoms with van der Waals surface area (Å²) in [6.45, 7) is 2.42. The number of hydrogen-bond acceptors (Lipinski definition) is 5. The van der Waals surface area contributed by atoms with Crippen LogP contribution in [-0.4, -0.2) is 30.3 Å². The largest absolute Gasteiger partial charge is 0.442 e. The number of carbonyl (C=O) groups excluding carboxylic acids is 1. The van der Waals surface area contributed by atoms with E-state index in [-0.39, 0.29) is 29.5 Å². The van der Waals surface area contributed by atoms with Crippen molar-refractivity contribution in [2.24, 2.45) is 0 Å². The lowest BCUT2D eigenvalue weighted by atomic mass is 10.2. The summed E-state index contributed by atoms with van der Waals surface area (Å²) in [5.41, 5.74) is 0.463. The molecule has 1 aliphatic heterocycles. The van der Waals surface area contributed by atoms with E-state index in [1.807, 2.05) is 0 Å². The molecule has 0 bridgehead atoms. The molecule has 0 aromatic heterocycles. The molecule has 9 heteroatoms. The van der Waals surface area contributed by atoms with Gasteiger partial charge < -0.3 is 15.4 Å². The van der Waals surface area contributed by atoms with E-state index in [2.05, 4.69) is 26.6 Å². The standard InChI is InChI=1S/C19H17BrFN3O3S/c1-11(28)22-9-14-10-24(19(26)27-14)13-4-6-16(15(21)8-13)23-17-5-2-12(20)3-7-18(17)25/h2-8,14H,9-10H2,1H3,(H,22,28)(H,23,25). The number of cyclic esters (lactones) is 1. The Hall–Kier alpha value is -2.52. The molecule has 0 radical (unpaired) electrons. The van der Waals surface area contributed by atoms with Crippen molar-refractivity contribution < 1.29 is 13.9 Å². The van der Waals surface area contributed by atoms with Gasteiger partial charge in [0.2, 0.25) is 5.43 Å². The molecule has 1 fully saturated rings. The molecule has 6 nitrogen and oxygen atoms in total. The van der Waals surface area contributed by atoms with Crippen molar-refractivity contribution in [2.45, 2.75) is 13.0 Å². The summed E-state index contributed by atoms with van der Waals surface area (Å²) in [4.78, 5) is 26.1. The maximum atomic E-state index is 14.6. The van der Waals surface area contributed by atoms with Crippen LogP contribution in [0, 0.1) is 5.82 Å². The van der Waals surface area contributed by atoms with Gasteiger partial charge in [-0.25, -0.2) is 9.18 Å². The number of halogens is 2. The monoisotopic (exact) mass is 465 g/mol. The Morgan fingerprint density at radius 3 is 2.68 bits per heavy atom. The van der Waals surface area contributed by atoms with Crippen LogP contribution in [-0.2, 0) is 4.74 Å². The molecule has 1 saturated heterocycles. The van der Waals surface area contributed by atoms with E-state index in [1.165, 1.54) is 23.1 Å². The van der Waals surface area contributed by atoms with Crippen molar-refractivity contribution in [3.05, 3.63) is 63.0 Å². The Bertz CT molecular complexity index is 989. The van der Waals surface area contributed by atoms with Crippen LogP contribution < -0.4 is 21.0 Å². The number of rotatable bonds is 5. The van der Waals surface area contributed by atoms with Gasteiger partial charge in [-0.2, -0.15) is 0 Å². The second kappa shape index (κ2) is 8.66. The van der Waals surface area contributed by atoms with Crippen molar-refractivity contribution in [3.63, 3.8) is 0 Å². The smallest absolute Gasteiger partial charge is 0.414 e. The summed E-state index contributed by atoms with van der Waals surface area (Å²) in [6, 6.07) is 10.5. The minimum Gasteiger partial charge on any atom is -0.442 e. The summed E-state index contributed by atoms with van der Waals surface area (Å²) >= 11 is 8.23. The fraction of sp³-hybridized carbons (Fsp3) is 0.211. The van der Waals surface area contributed by atoms with Gasteiger partial charge in [-0.1, -0.05) is 28.1 Å². The SMILES string of the molecule is CC(=S)NCC1CN(c2ccc(Nc3ccc(Br)ccc3=O)c(F)c2)C(=O)O1. The highest BCUT2D eigenvalue weighted by molar-refractivity contribution is 9.10. The number of nitrogens with one attached hydrogen (secondary N) is 2. The highest BCUT2D eigenvalue weighted by Gasteiger charge is 2.32. The van der Waals surface area contributed by atoms with E-state index in [4.69, 9.17) is 17.0 Å². The fourth-order valence-corrected chi connectivity index (χ4v) is 3.01. The lowest BCUT2D eigenvalue weighted by molar-refractivity contribution is 0.143. The molecular weight excluding hydrogens is 449 g/mol. The molecule has 0 aliphatic carbocycles. The normalized spacial score (nSPS) is 15.9. The van der Waals surface area contributed by atoms with Gasteiger partial charge in [-0.3, -0.25) is 9.69 Å². The number of thiocarbonyl (C=S) groups is 1. The molecular formula is C19H17BrFN3O3S. The lowest BCUT2D eigenvalue weighted by Crippen LogP contribution is -2.32. The highest BCUT2D eigenvalue weighted by Crippen LogP contribution is 2.27. The second-order valence-electron chi connectivity index (χ2n) is 6.17. The van der Waals surface area contributed by atoms with Crippen molar-refractivity contribution in [2.75, 3.05) is 23.3 Å². The first kappa shape index (κ1) is 20.2. The Kier molecular flexibility index (Phi) is 6.25. The third-order valence-electron chi connectivity index (χ3n) is 4.06. The lowest BCUT2D eigenvalue weighted by Gasteiger charge is -2.15. The van der Waals surface area contributed by atoms with Crippen LogP contribution in [0.1, 0.15) is 6.92 Å². The maximum absolute atomic E-state index is 14.6. The van der Waals surface area contributed by atoms with E-state index in [1.54, 1.807) is 31.2 Å². The fourth-order valence-electron chi connectivity index (χ4n) is 2.66. The van der Waals surface area contributed by atoms with E-state index in [0.717, 1.165) is 4.47 Å². The minimum atomic E-state index is -0.591. The van der Waals surface area contributed by atoms with Crippen molar-refractivity contribution >= 4 is 56.3 Å². The van der Waals surface area contributed by atoms with Gasteiger partial charge in [0.15, 0.2) is 0 Å². The Morgan fingerprint density at radius 2 is 1.96 bits per heavy atom. The van der Waals surface area contributed by atoms with Crippen LogP contribution >= 0.6 is 28.1 Å². The van der Waals surface area contributed by atoms with Gasteiger partial charge in [0.1, 0.15) is 11.9 Å². The number of carbonyl (C=O) groups is 1. The van der Waals surface area contributed by atoms with Crippen LogP contribution in [0.25, 0.3) is 0 Å². The van der Waals surface area contributed by atoms with Crippen LogP contribution in [0.2, 0.25) is 0 Å². The Morgan fingerprint density at radius 1 is 1.25 bits per heavy atom. The number of nitrogens with zero attached hydrogens (tertiary/aromatic N) is 1. The maximum Gasteiger partial charge on any atom is 0.414 e. The van der Waals surface area contributed by atoms with Crippen molar-refractivity contribution in [3.8, 4) is 0 Å². The number of hydrogen-bond donors (Lipinski definition) is 2. The third kappa shape index (κ3) is 4.85. The van der Waals surface area contributed by atoms with E-state index in [9.17, 15) is 14.0 Å². The number of ether oxygens (including phenoxy) is 1. The predicted molar refractivity (Wildman–Crippen MR) is 114 cm³/mol. The first-order valence-electron chi connectivity index (χ1n) is 8.42. The molecule has 2 N–H and O–H groups in total. The van der Waals surface area contributed by atoms with Crippen molar-refractivity contribution in [1.29, 1.82) is 0 Å². The molecule has 146 valence electrons. The minimum absolute atomic E-state index is 0.130. The molecule has 1 unspecified atom stereocenters. The molecule has 2 aromatic rings.